The Labute approximate surface area is 64.9 Å². The van der Waals surface area contributed by atoms with Crippen molar-refractivity contribution in [1.82, 2.24) is 4.98 Å². The fourth-order valence-electron chi connectivity index (χ4n) is 0.412. The van der Waals surface area contributed by atoms with Crippen molar-refractivity contribution in [2.24, 2.45) is 0 Å². The molecule has 1 heterocycles. The van der Waals surface area contributed by atoms with E-state index in [2.05, 4.69) is 4.98 Å². The molecule has 0 bridgehead atoms. The minimum absolute atomic E-state index is 0.115. The standard InChI is InChI=1S/C5H3FINO/c6-3-1-4(9)5(7)8-2-3/h1-2,9H. The molecule has 1 N–H and O–H groups in total. The Hall–Kier alpha value is -0.390. The lowest BCUT2D eigenvalue weighted by Gasteiger charge is -1.92. The Balaban J connectivity index is 3.17. The minimum atomic E-state index is -0.520. The minimum Gasteiger partial charge on any atom is -0.505 e. The molecule has 0 spiro atoms. The highest BCUT2D eigenvalue weighted by molar-refractivity contribution is 14.1. The van der Waals surface area contributed by atoms with Gasteiger partial charge in [0, 0.05) is 6.07 Å². The molecule has 0 unspecified atom stereocenters. The van der Waals surface area contributed by atoms with Crippen LogP contribution < -0.4 is 0 Å². The van der Waals surface area contributed by atoms with E-state index in [-0.39, 0.29) is 5.75 Å². The number of hydrogen-bond donors (Lipinski definition) is 1. The number of hydrogen-bond acceptors (Lipinski definition) is 2. The fraction of sp³-hybridized carbons (Fsp3) is 0. The number of nitrogens with zero attached hydrogens (tertiary/aromatic N) is 1. The molecule has 0 amide bonds. The topological polar surface area (TPSA) is 33.1 Å². The fourth-order valence-corrected chi connectivity index (χ4v) is 0.707. The average molecular weight is 239 g/mol. The normalized spacial score (nSPS) is 9.56. The van der Waals surface area contributed by atoms with E-state index in [1.54, 1.807) is 0 Å². The van der Waals surface area contributed by atoms with Gasteiger partial charge >= 0.3 is 0 Å². The Morgan fingerprint density at radius 3 is 2.78 bits per heavy atom. The van der Waals surface area contributed by atoms with Crippen LogP contribution in [-0.4, -0.2) is 10.1 Å². The number of rotatable bonds is 0. The van der Waals surface area contributed by atoms with Gasteiger partial charge in [-0.15, -0.1) is 0 Å². The van der Waals surface area contributed by atoms with Crippen molar-refractivity contribution in [3.05, 3.63) is 21.8 Å². The van der Waals surface area contributed by atoms with Crippen LogP contribution in [0, 0.1) is 9.52 Å². The molecule has 0 aliphatic heterocycles. The molecule has 48 valence electrons. The highest BCUT2D eigenvalue weighted by Crippen LogP contribution is 2.15. The number of halogens is 2. The van der Waals surface area contributed by atoms with Gasteiger partial charge in [-0.1, -0.05) is 0 Å². The zero-order valence-corrected chi connectivity index (χ0v) is 6.46. The average Bonchev–Trinajstić information content (AvgIpc) is 1.80. The van der Waals surface area contributed by atoms with Crippen molar-refractivity contribution in [3.63, 3.8) is 0 Å². The Morgan fingerprint density at radius 1 is 1.67 bits per heavy atom. The summed E-state index contributed by atoms with van der Waals surface area (Å²) in [4.78, 5) is 3.54. The summed E-state index contributed by atoms with van der Waals surface area (Å²) in [6.45, 7) is 0. The van der Waals surface area contributed by atoms with E-state index in [1.165, 1.54) is 0 Å². The summed E-state index contributed by atoms with van der Waals surface area (Å²) in [5.41, 5.74) is 0. The lowest BCUT2D eigenvalue weighted by Crippen LogP contribution is -1.81. The van der Waals surface area contributed by atoms with Gasteiger partial charge in [0.25, 0.3) is 0 Å². The molecular weight excluding hydrogens is 236 g/mol. The third kappa shape index (κ3) is 1.51. The summed E-state index contributed by atoms with van der Waals surface area (Å²) in [7, 11) is 0. The molecule has 4 heteroatoms. The van der Waals surface area contributed by atoms with Crippen LogP contribution in [0.5, 0.6) is 5.75 Å². The van der Waals surface area contributed by atoms with Crippen LogP contribution in [-0.2, 0) is 0 Å². The summed E-state index contributed by atoms with van der Waals surface area (Å²) in [5.74, 6) is -0.636. The predicted molar refractivity (Wildman–Crippen MR) is 38.6 cm³/mol. The van der Waals surface area contributed by atoms with E-state index in [0.29, 0.717) is 3.70 Å². The Kier molecular flexibility index (Phi) is 1.84. The van der Waals surface area contributed by atoms with Crippen molar-refractivity contribution in [2.75, 3.05) is 0 Å². The number of aromatic hydroxyl groups is 1. The van der Waals surface area contributed by atoms with Crippen molar-refractivity contribution < 1.29 is 9.50 Å². The maximum Gasteiger partial charge on any atom is 0.150 e. The lowest BCUT2D eigenvalue weighted by molar-refractivity contribution is 0.460. The van der Waals surface area contributed by atoms with E-state index in [1.807, 2.05) is 22.6 Å². The largest absolute Gasteiger partial charge is 0.505 e. The zero-order valence-electron chi connectivity index (χ0n) is 4.31. The Morgan fingerprint density at radius 2 is 2.33 bits per heavy atom. The maximum atomic E-state index is 12.1. The molecule has 0 atom stereocenters. The van der Waals surface area contributed by atoms with Gasteiger partial charge < -0.3 is 5.11 Å². The first-order chi connectivity index (χ1) is 4.20. The first-order valence-electron chi connectivity index (χ1n) is 2.20. The summed E-state index contributed by atoms with van der Waals surface area (Å²) in [5, 5.41) is 8.79. The lowest BCUT2D eigenvalue weighted by atomic mass is 10.4. The molecule has 0 aliphatic carbocycles. The monoisotopic (exact) mass is 239 g/mol. The van der Waals surface area contributed by atoms with Crippen LogP contribution in [0.2, 0.25) is 0 Å². The molecular formula is C5H3FINO. The van der Waals surface area contributed by atoms with Crippen molar-refractivity contribution in [1.29, 1.82) is 0 Å². The van der Waals surface area contributed by atoms with E-state index < -0.39 is 5.82 Å². The van der Waals surface area contributed by atoms with Crippen molar-refractivity contribution >= 4 is 22.6 Å². The van der Waals surface area contributed by atoms with E-state index >= 15 is 0 Å². The van der Waals surface area contributed by atoms with Gasteiger partial charge in [0.05, 0.1) is 6.20 Å². The van der Waals surface area contributed by atoms with Crippen molar-refractivity contribution in [2.45, 2.75) is 0 Å². The van der Waals surface area contributed by atoms with Gasteiger partial charge in [-0.2, -0.15) is 0 Å². The van der Waals surface area contributed by atoms with Gasteiger partial charge in [0.15, 0.2) is 0 Å². The quantitative estimate of drug-likeness (QED) is 0.550. The number of aromatic nitrogens is 1. The van der Waals surface area contributed by atoms with E-state index in [4.69, 9.17) is 5.11 Å². The van der Waals surface area contributed by atoms with E-state index in [9.17, 15) is 4.39 Å². The molecule has 1 rings (SSSR count). The highest BCUT2D eigenvalue weighted by Gasteiger charge is 1.97. The smallest absolute Gasteiger partial charge is 0.150 e. The second-order valence-corrected chi connectivity index (χ2v) is 2.49. The van der Waals surface area contributed by atoms with Gasteiger partial charge in [-0.05, 0) is 22.6 Å². The maximum absolute atomic E-state index is 12.1. The molecule has 9 heavy (non-hydrogen) atoms. The van der Waals surface area contributed by atoms with Crippen LogP contribution in [0.25, 0.3) is 0 Å². The van der Waals surface area contributed by atoms with E-state index in [0.717, 1.165) is 12.3 Å². The Bertz CT molecular complexity index is 228. The first kappa shape index (κ1) is 6.73. The molecule has 0 saturated carbocycles. The van der Waals surface area contributed by atoms with Crippen LogP contribution in [0.4, 0.5) is 4.39 Å². The number of pyridine rings is 1. The molecule has 0 aliphatic rings. The molecule has 0 aromatic carbocycles. The SMILES string of the molecule is Oc1cc(F)cnc1I. The highest BCUT2D eigenvalue weighted by atomic mass is 127. The van der Waals surface area contributed by atoms with Crippen LogP contribution >= 0.6 is 22.6 Å². The first-order valence-corrected chi connectivity index (χ1v) is 3.28. The molecule has 1 aromatic heterocycles. The summed E-state index contributed by atoms with van der Waals surface area (Å²) < 4.78 is 12.5. The van der Waals surface area contributed by atoms with Gasteiger partial charge in [-0.3, -0.25) is 0 Å². The molecule has 0 radical (unpaired) electrons. The van der Waals surface area contributed by atoms with Crippen LogP contribution in [0.15, 0.2) is 12.3 Å². The van der Waals surface area contributed by atoms with Crippen molar-refractivity contribution in [3.8, 4) is 5.75 Å². The summed E-state index contributed by atoms with van der Waals surface area (Å²) >= 11 is 1.81. The summed E-state index contributed by atoms with van der Waals surface area (Å²) in [6, 6.07) is 1.02. The second kappa shape index (κ2) is 2.47. The molecule has 0 saturated heterocycles. The molecule has 2 nitrogen and oxygen atoms in total. The van der Waals surface area contributed by atoms with Gasteiger partial charge in [0.2, 0.25) is 0 Å². The molecule has 0 fully saturated rings. The third-order valence-corrected chi connectivity index (χ3v) is 1.62. The third-order valence-electron chi connectivity index (χ3n) is 0.787. The summed E-state index contributed by atoms with van der Waals surface area (Å²) in [6.07, 6.45) is 1.06. The van der Waals surface area contributed by atoms with Crippen LogP contribution in [0.3, 0.4) is 0 Å². The second-order valence-electron chi connectivity index (χ2n) is 1.46. The van der Waals surface area contributed by atoms with Gasteiger partial charge in [0.1, 0.15) is 15.3 Å². The zero-order chi connectivity index (χ0) is 6.85. The van der Waals surface area contributed by atoms with Crippen LogP contribution in [0.1, 0.15) is 0 Å². The van der Waals surface area contributed by atoms with Gasteiger partial charge in [-0.25, -0.2) is 9.37 Å². The predicted octanol–water partition coefficient (Wildman–Crippen LogP) is 1.53. The molecule has 1 aromatic rings.